The molecule has 7 fully saturated rings. The van der Waals surface area contributed by atoms with Gasteiger partial charge in [-0.1, -0.05) is 207 Å². The van der Waals surface area contributed by atoms with E-state index in [9.17, 15) is 10.2 Å². The number of unbranched alkanes of at least 4 members (excludes halogenated alkanes) is 5. The first-order valence-electron chi connectivity index (χ1n) is 33.8. The third kappa shape index (κ3) is 15.1. The number of aryl methyl sites for hydroxylation is 2. The minimum absolute atomic E-state index is 0.438. The molecule has 76 heavy (non-hydrogen) atoms. The van der Waals surface area contributed by atoms with E-state index in [1.807, 2.05) is 24.3 Å². The first kappa shape index (κ1) is 61.1. The molecule has 2 aromatic rings. The molecule has 0 aliphatic heterocycles. The number of phenolic OH excluding ortho intramolecular Hbond substituents is 2. The van der Waals surface area contributed by atoms with Crippen LogP contribution in [0.5, 0.6) is 11.5 Å². The molecule has 7 saturated carbocycles. The molecule has 2 N–H and O–H groups in total. The van der Waals surface area contributed by atoms with Crippen molar-refractivity contribution in [2.24, 2.45) is 70.0 Å². The lowest BCUT2D eigenvalue weighted by Gasteiger charge is -2.51. The Morgan fingerprint density at radius 1 is 0.500 bits per heavy atom. The third-order valence-corrected chi connectivity index (χ3v) is 23.4. The predicted molar refractivity (Wildman–Crippen MR) is 330 cm³/mol. The third-order valence-electron chi connectivity index (χ3n) is 23.4. The Hall–Kier alpha value is -2.48. The molecule has 0 radical (unpaired) electrons. The van der Waals surface area contributed by atoms with Crippen molar-refractivity contribution in [3.05, 3.63) is 82.0 Å². The van der Waals surface area contributed by atoms with Gasteiger partial charge in [-0.3, -0.25) is 0 Å². The number of aromatic hydroxyl groups is 2. The molecule has 2 aromatic carbocycles. The molecule has 0 amide bonds. The predicted octanol–water partition coefficient (Wildman–Crippen LogP) is 22.8. The van der Waals surface area contributed by atoms with Crippen LogP contribution in [-0.4, -0.2) is 10.2 Å². The second kappa shape index (κ2) is 29.8. The van der Waals surface area contributed by atoms with Crippen LogP contribution in [0.25, 0.3) is 0 Å². The van der Waals surface area contributed by atoms with E-state index < -0.39 is 0 Å². The van der Waals surface area contributed by atoms with Crippen molar-refractivity contribution in [3.8, 4) is 11.5 Å². The lowest BCUT2D eigenvalue weighted by molar-refractivity contribution is 0.0253. The molecule has 9 aliphatic carbocycles. The van der Waals surface area contributed by atoms with Crippen molar-refractivity contribution in [1.82, 2.24) is 0 Å². The minimum atomic E-state index is 0.438. The number of hydrogen-bond acceptors (Lipinski definition) is 2. The van der Waals surface area contributed by atoms with Crippen molar-refractivity contribution < 1.29 is 10.2 Å². The fourth-order valence-corrected chi connectivity index (χ4v) is 18.6. The van der Waals surface area contributed by atoms with Crippen molar-refractivity contribution >= 4 is 0 Å². The summed E-state index contributed by atoms with van der Waals surface area (Å²) < 4.78 is 0. The zero-order chi connectivity index (χ0) is 54.2. The number of hydrogen-bond donors (Lipinski definition) is 2. The molecule has 9 aliphatic rings. The van der Waals surface area contributed by atoms with E-state index in [2.05, 4.69) is 93.5 Å². The van der Waals surface area contributed by atoms with Crippen LogP contribution in [0.1, 0.15) is 309 Å². The summed E-state index contributed by atoms with van der Waals surface area (Å²) in [6.07, 6.45) is 52.5. The molecule has 0 spiro atoms. The van der Waals surface area contributed by atoms with E-state index >= 15 is 0 Å². The highest BCUT2D eigenvalue weighted by molar-refractivity contribution is 5.42. The Morgan fingerprint density at radius 3 is 1.55 bits per heavy atom. The molecule has 14 atom stereocenters. The Kier molecular flexibility index (Phi) is 24.0. The Bertz CT molecular complexity index is 2070. The topological polar surface area (TPSA) is 40.5 Å². The molecule has 6 unspecified atom stereocenters. The van der Waals surface area contributed by atoms with E-state index in [-0.39, 0.29) is 0 Å². The summed E-state index contributed by atoms with van der Waals surface area (Å²) >= 11 is 0. The largest absolute Gasteiger partial charge is 0.508 e. The van der Waals surface area contributed by atoms with Gasteiger partial charge in [-0.2, -0.15) is 0 Å². The van der Waals surface area contributed by atoms with Crippen molar-refractivity contribution in [1.29, 1.82) is 0 Å². The summed E-state index contributed by atoms with van der Waals surface area (Å²) in [5.74, 6) is 12.1. The van der Waals surface area contributed by atoms with Gasteiger partial charge in [0, 0.05) is 0 Å². The van der Waals surface area contributed by atoms with Gasteiger partial charge in [0.05, 0.1) is 0 Å². The summed E-state index contributed by atoms with van der Waals surface area (Å²) in [7, 11) is 0. The van der Waals surface area contributed by atoms with Crippen LogP contribution < -0.4 is 0 Å². The maximum Gasteiger partial charge on any atom is 0.115 e. The van der Waals surface area contributed by atoms with Crippen LogP contribution in [0.4, 0.5) is 0 Å². The van der Waals surface area contributed by atoms with Gasteiger partial charge in [-0.05, 0) is 244 Å². The van der Waals surface area contributed by atoms with E-state index in [4.69, 9.17) is 0 Å². The second-order valence-corrected chi connectivity index (χ2v) is 28.1. The minimum Gasteiger partial charge on any atom is -0.508 e. The summed E-state index contributed by atoms with van der Waals surface area (Å²) in [6, 6.07) is 12.3. The summed E-state index contributed by atoms with van der Waals surface area (Å²) in [4.78, 5) is 0. The number of allylic oxidation sites excluding steroid dienone is 4. The lowest BCUT2D eigenvalue weighted by atomic mass is 9.54. The van der Waals surface area contributed by atoms with Gasteiger partial charge in [0.25, 0.3) is 0 Å². The first-order chi connectivity index (χ1) is 36.8. The highest BCUT2D eigenvalue weighted by atomic mass is 16.3. The van der Waals surface area contributed by atoms with Gasteiger partial charge >= 0.3 is 0 Å². The normalized spacial score (nSPS) is 35.6. The molecule has 0 bridgehead atoms. The van der Waals surface area contributed by atoms with Gasteiger partial charge in [-0.25, -0.2) is 0 Å². The number of phenols is 2. The summed E-state index contributed by atoms with van der Waals surface area (Å²) in [6.45, 7) is 23.8. The van der Waals surface area contributed by atoms with Crippen LogP contribution >= 0.6 is 0 Å². The summed E-state index contributed by atoms with van der Waals surface area (Å²) in [5.41, 5.74) is 10.5. The average molecular weight is 1040 g/mol. The first-order valence-corrected chi connectivity index (χ1v) is 33.8. The van der Waals surface area contributed by atoms with E-state index in [1.54, 1.807) is 22.3 Å². The highest BCUT2D eigenvalue weighted by Crippen LogP contribution is 2.65. The van der Waals surface area contributed by atoms with E-state index in [1.165, 1.54) is 223 Å². The molecule has 0 aromatic heterocycles. The number of fused-ring (bicyclic) bond motifs is 10. The highest BCUT2D eigenvalue weighted by Gasteiger charge is 2.55. The van der Waals surface area contributed by atoms with Crippen molar-refractivity contribution in [2.75, 3.05) is 0 Å². The van der Waals surface area contributed by atoms with Gasteiger partial charge in [0.15, 0.2) is 0 Å². The van der Waals surface area contributed by atoms with Gasteiger partial charge in [-0.15, -0.1) is 0 Å². The fourth-order valence-electron chi connectivity index (χ4n) is 18.6. The van der Waals surface area contributed by atoms with Crippen LogP contribution in [0, 0.1) is 70.0 Å². The maximum absolute atomic E-state index is 9.79. The summed E-state index contributed by atoms with van der Waals surface area (Å²) in [5, 5.41) is 19.6. The van der Waals surface area contributed by atoms with Crippen LogP contribution in [0.3, 0.4) is 0 Å². The van der Waals surface area contributed by atoms with Crippen molar-refractivity contribution in [3.63, 3.8) is 0 Å². The molecule has 2 heteroatoms. The molecule has 2 nitrogen and oxygen atoms in total. The quantitative estimate of drug-likeness (QED) is 0.196. The molecular weight excluding hydrogens is 921 g/mol. The van der Waals surface area contributed by atoms with E-state index in [0.29, 0.717) is 22.3 Å². The van der Waals surface area contributed by atoms with Crippen LogP contribution in [0.2, 0.25) is 0 Å². The smallest absolute Gasteiger partial charge is 0.115 e. The average Bonchev–Trinajstić information content (AvgIpc) is 4.29. The lowest BCUT2D eigenvalue weighted by Crippen LogP contribution is -2.42. The molecule has 0 heterocycles. The number of rotatable bonds is 13. The number of benzene rings is 2. The van der Waals surface area contributed by atoms with Crippen LogP contribution in [-0.2, 0) is 12.8 Å². The van der Waals surface area contributed by atoms with Gasteiger partial charge < -0.3 is 10.2 Å². The zero-order valence-corrected chi connectivity index (χ0v) is 51.5. The second-order valence-electron chi connectivity index (χ2n) is 28.1. The monoisotopic (exact) mass is 1040 g/mol. The Morgan fingerprint density at radius 2 is 1.04 bits per heavy atom. The van der Waals surface area contributed by atoms with Crippen LogP contribution in [0.15, 0.2) is 59.7 Å². The fraction of sp³-hybridized carbons (Fsp3) is 0.784. The molecule has 428 valence electrons. The van der Waals surface area contributed by atoms with Gasteiger partial charge in [0.1, 0.15) is 11.5 Å². The SMILES string of the molecule is CCC/C=C1/CCC2C3CCc4cc(O)ccc4C3CC[C@]12C.CCC/C=C1/CCC[C@H]1C.CCCC[C@H]1CCC2C3CCc4cc(O)ccc4C3CC[C@@]21C.CCCC[C@H]1CCC[C@H]1C.CCCC[C@H]1CCC[C@H]1C. The Balaban J connectivity index is 0.000000147. The van der Waals surface area contributed by atoms with Crippen molar-refractivity contribution in [2.45, 2.75) is 299 Å². The molecular formula is C74H120O2. The Labute approximate surface area is 470 Å². The van der Waals surface area contributed by atoms with E-state index in [0.717, 1.165) is 77.4 Å². The zero-order valence-electron chi connectivity index (χ0n) is 51.5. The van der Waals surface area contributed by atoms with Gasteiger partial charge in [0.2, 0.25) is 0 Å². The standard InChI is InChI=1S/C22H32O.C22H30O.2C10H20.C10H18/c2*1-3-4-5-16-7-11-21-20-9-6-15-14-17(23)8-10-18(15)19(20)12-13-22(16,21)2;3*1-3-4-7-10-8-5-6-9(10)2/h8,10,14,16,19-21,23H,3-7,9,11-13H2,1-2H3;5,8,10,14,19-21,23H,3-4,6-7,9,11-13H2,1-2H3;2*9-10H,3-8H2,1-2H3;7,9H,3-6,8H2,1-2H3/b;16-5-;;;10-7-/t16-,19?,20?,21?,22+;19?,20?,21?,22-;2*9-,10+;9-/m01111/s1. The molecule has 0 saturated heterocycles. The molecule has 11 rings (SSSR count). The maximum atomic E-state index is 9.79.